The van der Waals surface area contributed by atoms with Gasteiger partial charge < -0.3 is 20.6 Å². The van der Waals surface area contributed by atoms with E-state index in [4.69, 9.17) is 5.73 Å². The molecule has 0 unspecified atom stereocenters. The molecule has 0 saturated carbocycles. The first-order valence-electron chi connectivity index (χ1n) is 6.36. The topological polar surface area (TPSA) is 77.9 Å². The van der Waals surface area contributed by atoms with Crippen LogP contribution in [-0.4, -0.2) is 17.0 Å². The Kier molecular flexibility index (Phi) is 2.75. The second-order valence-electron chi connectivity index (χ2n) is 4.93. The number of nitrogens with zero attached hydrogens (tertiary/aromatic N) is 1. The summed E-state index contributed by atoms with van der Waals surface area (Å²) in [7, 11) is 1.95. The number of benzene rings is 2. The van der Waals surface area contributed by atoms with E-state index in [1.165, 1.54) is 0 Å². The van der Waals surface area contributed by atoms with Crippen molar-refractivity contribution in [2.45, 2.75) is 6.92 Å². The van der Waals surface area contributed by atoms with Crippen LogP contribution in [0.4, 0.5) is 17.1 Å². The molecular weight excluding hydrogens is 252 g/mol. The molecule has 4 N–H and O–H groups in total. The minimum atomic E-state index is -0.199. The van der Waals surface area contributed by atoms with Crippen LogP contribution in [0.1, 0.15) is 5.56 Å². The van der Waals surface area contributed by atoms with Gasteiger partial charge in [0.25, 0.3) is 0 Å². The summed E-state index contributed by atoms with van der Waals surface area (Å²) in [4.78, 5) is 18.8. The fourth-order valence-corrected chi connectivity index (χ4v) is 2.35. The highest BCUT2D eigenvalue weighted by molar-refractivity contribution is 5.83. The van der Waals surface area contributed by atoms with Crippen molar-refractivity contribution < 1.29 is 0 Å². The summed E-state index contributed by atoms with van der Waals surface area (Å²) in [5.41, 5.74) is 11.2. The van der Waals surface area contributed by atoms with E-state index in [-0.39, 0.29) is 5.69 Å². The lowest BCUT2D eigenvalue weighted by Gasteiger charge is -2.21. The Morgan fingerprint density at radius 2 is 1.80 bits per heavy atom. The number of H-pyrrole nitrogens is 2. The average molecular weight is 268 g/mol. The molecule has 0 amide bonds. The van der Waals surface area contributed by atoms with Crippen molar-refractivity contribution in [1.82, 2.24) is 9.97 Å². The molecule has 1 heterocycles. The third kappa shape index (κ3) is 2.03. The van der Waals surface area contributed by atoms with Gasteiger partial charge in [-0.3, -0.25) is 0 Å². The molecule has 0 saturated heterocycles. The molecule has 102 valence electrons. The Balaban J connectivity index is 2.06. The third-order valence-electron chi connectivity index (χ3n) is 3.43. The van der Waals surface area contributed by atoms with Crippen LogP contribution in [0.15, 0.2) is 41.2 Å². The molecule has 3 rings (SSSR count). The first-order chi connectivity index (χ1) is 9.54. The maximum atomic E-state index is 11.3. The zero-order valence-electron chi connectivity index (χ0n) is 11.4. The maximum absolute atomic E-state index is 11.3. The van der Waals surface area contributed by atoms with E-state index in [0.717, 1.165) is 33.7 Å². The number of nitrogens with two attached hydrogens (primary N) is 1. The highest BCUT2D eigenvalue weighted by atomic mass is 16.1. The van der Waals surface area contributed by atoms with E-state index in [0.29, 0.717) is 0 Å². The number of hydrogen-bond donors (Lipinski definition) is 3. The molecule has 1 aromatic heterocycles. The molecule has 3 aromatic rings. The van der Waals surface area contributed by atoms with E-state index < -0.39 is 0 Å². The summed E-state index contributed by atoms with van der Waals surface area (Å²) in [5, 5.41) is 0. The number of aryl methyl sites for hydroxylation is 1. The van der Waals surface area contributed by atoms with Crippen LogP contribution in [0.25, 0.3) is 11.0 Å². The van der Waals surface area contributed by atoms with E-state index in [1.54, 1.807) is 0 Å². The lowest BCUT2D eigenvalue weighted by atomic mass is 10.1. The molecule has 0 radical (unpaired) electrons. The molecular formula is C15H16N4O. The summed E-state index contributed by atoms with van der Waals surface area (Å²) in [5.74, 6) is 0. The minimum absolute atomic E-state index is 0.199. The molecule has 5 heteroatoms. The number of imidazole rings is 1. The van der Waals surface area contributed by atoms with Crippen LogP contribution in [0, 0.1) is 6.92 Å². The normalized spacial score (nSPS) is 10.9. The fourth-order valence-electron chi connectivity index (χ4n) is 2.35. The number of aromatic amines is 2. The first kappa shape index (κ1) is 12.3. The molecule has 0 aliphatic rings. The van der Waals surface area contributed by atoms with E-state index in [9.17, 15) is 4.79 Å². The van der Waals surface area contributed by atoms with Gasteiger partial charge in [0.15, 0.2) is 0 Å². The van der Waals surface area contributed by atoms with Gasteiger partial charge in [0.1, 0.15) is 0 Å². The van der Waals surface area contributed by atoms with Gasteiger partial charge in [-0.25, -0.2) is 4.79 Å². The van der Waals surface area contributed by atoms with Crippen LogP contribution in [0.5, 0.6) is 0 Å². The van der Waals surface area contributed by atoms with Crippen molar-refractivity contribution in [1.29, 1.82) is 0 Å². The van der Waals surface area contributed by atoms with Crippen molar-refractivity contribution >= 4 is 28.1 Å². The molecule has 0 aliphatic heterocycles. The summed E-state index contributed by atoms with van der Waals surface area (Å²) in [6, 6.07) is 11.7. The number of aromatic nitrogens is 2. The molecule has 0 aliphatic carbocycles. The Bertz CT molecular complexity index is 831. The molecule has 5 nitrogen and oxygen atoms in total. The number of rotatable bonds is 2. The van der Waals surface area contributed by atoms with Gasteiger partial charge in [0.2, 0.25) is 0 Å². The number of hydrogen-bond acceptors (Lipinski definition) is 3. The van der Waals surface area contributed by atoms with Gasteiger partial charge in [0, 0.05) is 12.7 Å². The van der Waals surface area contributed by atoms with Gasteiger partial charge in [0.05, 0.1) is 22.4 Å². The average Bonchev–Trinajstić information content (AvgIpc) is 2.77. The molecule has 0 spiro atoms. The summed E-state index contributed by atoms with van der Waals surface area (Å²) < 4.78 is 0. The summed E-state index contributed by atoms with van der Waals surface area (Å²) >= 11 is 0. The fraction of sp³-hybridized carbons (Fsp3) is 0.133. The molecule has 2 aromatic carbocycles. The van der Waals surface area contributed by atoms with E-state index >= 15 is 0 Å². The first-order valence-corrected chi connectivity index (χ1v) is 6.36. The van der Waals surface area contributed by atoms with Crippen molar-refractivity contribution in [3.8, 4) is 0 Å². The van der Waals surface area contributed by atoms with Gasteiger partial charge >= 0.3 is 5.69 Å². The standard InChI is InChI=1S/C15H16N4O/c1-9-3-6-14(11(16)7-9)19(2)10-4-5-12-13(8-10)18-15(20)17-12/h3-8H,16H2,1-2H3,(H2,17,18,20). The minimum Gasteiger partial charge on any atom is -0.397 e. The van der Waals surface area contributed by atoms with Gasteiger partial charge in [-0.15, -0.1) is 0 Å². The van der Waals surface area contributed by atoms with Crippen LogP contribution in [0.3, 0.4) is 0 Å². The Labute approximate surface area is 116 Å². The van der Waals surface area contributed by atoms with Crippen LogP contribution < -0.4 is 16.3 Å². The number of nitrogen functional groups attached to an aromatic ring is 1. The smallest absolute Gasteiger partial charge is 0.323 e. The Morgan fingerprint density at radius 1 is 1.05 bits per heavy atom. The van der Waals surface area contributed by atoms with Crippen LogP contribution >= 0.6 is 0 Å². The molecule has 0 atom stereocenters. The summed E-state index contributed by atoms with van der Waals surface area (Å²) in [6.45, 7) is 2.01. The van der Waals surface area contributed by atoms with Gasteiger partial charge in [-0.05, 0) is 42.8 Å². The highest BCUT2D eigenvalue weighted by Gasteiger charge is 2.09. The van der Waals surface area contributed by atoms with Crippen molar-refractivity contribution in [2.75, 3.05) is 17.7 Å². The largest absolute Gasteiger partial charge is 0.397 e. The second-order valence-corrected chi connectivity index (χ2v) is 4.93. The zero-order valence-corrected chi connectivity index (χ0v) is 11.4. The number of nitrogens with one attached hydrogen (secondary N) is 2. The van der Waals surface area contributed by atoms with Gasteiger partial charge in [-0.1, -0.05) is 6.07 Å². The number of anilines is 3. The predicted octanol–water partition coefficient (Wildman–Crippen LogP) is 2.51. The van der Waals surface area contributed by atoms with Crippen LogP contribution in [-0.2, 0) is 0 Å². The number of fused-ring (bicyclic) bond motifs is 1. The monoisotopic (exact) mass is 268 g/mol. The van der Waals surface area contributed by atoms with Crippen LogP contribution in [0.2, 0.25) is 0 Å². The van der Waals surface area contributed by atoms with Gasteiger partial charge in [-0.2, -0.15) is 0 Å². The molecule has 0 bridgehead atoms. The third-order valence-corrected chi connectivity index (χ3v) is 3.43. The lowest BCUT2D eigenvalue weighted by molar-refractivity contribution is 1.21. The van der Waals surface area contributed by atoms with E-state index in [1.807, 2.05) is 55.3 Å². The summed E-state index contributed by atoms with van der Waals surface area (Å²) in [6.07, 6.45) is 0. The highest BCUT2D eigenvalue weighted by Crippen LogP contribution is 2.30. The molecule has 0 fully saturated rings. The lowest BCUT2D eigenvalue weighted by Crippen LogP contribution is -2.11. The Morgan fingerprint density at radius 3 is 2.55 bits per heavy atom. The van der Waals surface area contributed by atoms with E-state index in [2.05, 4.69) is 9.97 Å². The van der Waals surface area contributed by atoms with Crippen molar-refractivity contribution in [3.63, 3.8) is 0 Å². The maximum Gasteiger partial charge on any atom is 0.323 e. The second kappa shape index (κ2) is 4.45. The van der Waals surface area contributed by atoms with Crippen molar-refractivity contribution in [2.24, 2.45) is 0 Å². The quantitative estimate of drug-likeness (QED) is 0.625. The van der Waals surface area contributed by atoms with Crippen molar-refractivity contribution in [3.05, 3.63) is 52.4 Å². The Hall–Kier alpha value is -2.69. The zero-order chi connectivity index (χ0) is 14.3. The SMILES string of the molecule is Cc1ccc(N(C)c2ccc3[nH]c(=O)[nH]c3c2)c(N)c1. The molecule has 20 heavy (non-hydrogen) atoms. The predicted molar refractivity (Wildman–Crippen MR) is 82.6 cm³/mol.